The number of allylic oxidation sites excluding steroid dienone is 3. The number of hydrogen-bond acceptors (Lipinski definition) is 5. The zero-order valence-electron chi connectivity index (χ0n) is 19.2. The zero-order valence-corrected chi connectivity index (χ0v) is 19.2. The van der Waals surface area contributed by atoms with Gasteiger partial charge < -0.3 is 20.3 Å². The zero-order chi connectivity index (χ0) is 23.7. The molecule has 0 radical (unpaired) electrons. The molecule has 2 aliphatic heterocycles. The minimum absolute atomic E-state index is 0.0792. The Balaban J connectivity index is 1.51. The van der Waals surface area contributed by atoms with E-state index in [2.05, 4.69) is 27.7 Å². The van der Waals surface area contributed by atoms with Crippen molar-refractivity contribution in [2.75, 3.05) is 36.5 Å². The van der Waals surface area contributed by atoms with Gasteiger partial charge in [-0.25, -0.2) is 4.39 Å². The summed E-state index contributed by atoms with van der Waals surface area (Å²) >= 11 is 0. The fourth-order valence-electron chi connectivity index (χ4n) is 5.05. The van der Waals surface area contributed by atoms with Crippen LogP contribution < -0.4 is 15.5 Å². The Morgan fingerprint density at radius 3 is 2.47 bits per heavy atom. The second-order valence-electron chi connectivity index (χ2n) is 8.92. The summed E-state index contributed by atoms with van der Waals surface area (Å²) in [5.41, 5.74) is 5.35. The van der Waals surface area contributed by atoms with E-state index in [9.17, 15) is 14.0 Å². The molecule has 1 amide bonds. The molecule has 2 N–H and O–H groups in total. The number of rotatable bonds is 4. The van der Waals surface area contributed by atoms with E-state index in [0.29, 0.717) is 36.5 Å². The van der Waals surface area contributed by atoms with Crippen molar-refractivity contribution in [3.63, 3.8) is 0 Å². The van der Waals surface area contributed by atoms with E-state index in [0.717, 1.165) is 48.6 Å². The summed E-state index contributed by atoms with van der Waals surface area (Å²) in [4.78, 5) is 28.8. The van der Waals surface area contributed by atoms with Gasteiger partial charge in [0, 0.05) is 59.3 Å². The molecule has 2 aromatic carbocycles. The van der Waals surface area contributed by atoms with Crippen LogP contribution in [-0.2, 0) is 14.3 Å². The van der Waals surface area contributed by atoms with Crippen LogP contribution in [-0.4, -0.2) is 38.0 Å². The van der Waals surface area contributed by atoms with Gasteiger partial charge in [-0.15, -0.1) is 0 Å². The third-order valence-corrected chi connectivity index (χ3v) is 6.73. The molecule has 0 spiro atoms. The van der Waals surface area contributed by atoms with E-state index in [1.54, 1.807) is 0 Å². The van der Waals surface area contributed by atoms with E-state index in [1.807, 2.05) is 19.1 Å². The van der Waals surface area contributed by atoms with Gasteiger partial charge in [-0.3, -0.25) is 9.59 Å². The minimum atomic E-state index is -0.455. The number of morpholine rings is 1. The number of nitrogens with one attached hydrogen (secondary N) is 2. The van der Waals surface area contributed by atoms with Gasteiger partial charge in [-0.2, -0.15) is 0 Å². The highest BCUT2D eigenvalue weighted by atomic mass is 19.1. The summed E-state index contributed by atoms with van der Waals surface area (Å²) in [6, 6.07) is 13.8. The van der Waals surface area contributed by atoms with Crippen LogP contribution in [0.15, 0.2) is 71.1 Å². The number of carbonyl (C=O) groups excluding carboxylic acids is 2. The molecule has 176 valence electrons. The molecule has 2 heterocycles. The van der Waals surface area contributed by atoms with Gasteiger partial charge in [0.15, 0.2) is 5.78 Å². The van der Waals surface area contributed by atoms with Crippen molar-refractivity contribution in [3.8, 4) is 0 Å². The summed E-state index contributed by atoms with van der Waals surface area (Å²) < 4.78 is 18.8. The molecule has 34 heavy (non-hydrogen) atoms. The van der Waals surface area contributed by atoms with Crippen LogP contribution >= 0.6 is 0 Å². The van der Waals surface area contributed by atoms with E-state index < -0.39 is 5.92 Å². The van der Waals surface area contributed by atoms with Crippen LogP contribution in [0.4, 0.5) is 15.8 Å². The first kappa shape index (κ1) is 22.3. The average molecular weight is 462 g/mol. The van der Waals surface area contributed by atoms with E-state index in [4.69, 9.17) is 4.74 Å². The number of nitrogens with zero attached hydrogens (tertiary/aromatic N) is 1. The lowest BCUT2D eigenvalue weighted by Gasteiger charge is -2.35. The van der Waals surface area contributed by atoms with Crippen LogP contribution in [0.3, 0.4) is 0 Å². The first-order valence-electron chi connectivity index (χ1n) is 11.7. The molecule has 2 aromatic rings. The lowest BCUT2D eigenvalue weighted by atomic mass is 9.75. The Morgan fingerprint density at radius 2 is 1.76 bits per heavy atom. The lowest BCUT2D eigenvalue weighted by molar-refractivity contribution is -0.116. The molecule has 0 aromatic heterocycles. The quantitative estimate of drug-likeness (QED) is 0.712. The number of ether oxygens (including phenoxy) is 1. The van der Waals surface area contributed by atoms with Crippen molar-refractivity contribution in [1.82, 2.24) is 5.32 Å². The van der Waals surface area contributed by atoms with Crippen LogP contribution in [0.2, 0.25) is 0 Å². The highest BCUT2D eigenvalue weighted by Gasteiger charge is 2.38. The van der Waals surface area contributed by atoms with Crippen LogP contribution in [0.25, 0.3) is 0 Å². The topological polar surface area (TPSA) is 70.7 Å². The van der Waals surface area contributed by atoms with Gasteiger partial charge in [0.05, 0.1) is 13.2 Å². The number of hydrogen-bond donors (Lipinski definition) is 2. The molecule has 1 fully saturated rings. The fraction of sp³-hybridized carbons (Fsp3) is 0.333. The van der Waals surface area contributed by atoms with Crippen LogP contribution in [0, 0.1) is 5.82 Å². The van der Waals surface area contributed by atoms with Crippen molar-refractivity contribution < 1.29 is 18.7 Å². The highest BCUT2D eigenvalue weighted by molar-refractivity contribution is 6.09. The maximum atomic E-state index is 13.5. The van der Waals surface area contributed by atoms with Crippen molar-refractivity contribution in [2.45, 2.75) is 32.1 Å². The maximum absolute atomic E-state index is 13.5. The third-order valence-electron chi connectivity index (χ3n) is 6.73. The average Bonchev–Trinajstić information content (AvgIpc) is 2.85. The second-order valence-corrected chi connectivity index (χ2v) is 8.92. The van der Waals surface area contributed by atoms with Crippen molar-refractivity contribution in [1.29, 1.82) is 0 Å². The Kier molecular flexibility index (Phi) is 6.20. The summed E-state index contributed by atoms with van der Waals surface area (Å²) in [6.07, 6.45) is 2.07. The molecule has 1 atom stereocenters. The largest absolute Gasteiger partial charge is 0.378 e. The Labute approximate surface area is 198 Å². The standard InChI is InChI=1S/C27H28FN3O3/c1-17-24(27(33)30-20-9-7-19(28)8-10-20)25(26-22(29-17)3-2-4-23(26)32)18-5-11-21(12-6-18)31-13-15-34-16-14-31/h5-12,25,29H,2-4,13-16H2,1H3,(H,30,33)/t25-/m0/s1. The van der Waals surface area contributed by atoms with Crippen LogP contribution in [0.5, 0.6) is 0 Å². The SMILES string of the molecule is CC1=C(C(=O)Nc2ccc(F)cc2)[C@H](c2ccc(N3CCOCC3)cc2)C2=C(CCCC2=O)N1. The first-order chi connectivity index (χ1) is 16.5. The highest BCUT2D eigenvalue weighted by Crippen LogP contribution is 2.42. The van der Waals surface area contributed by atoms with Crippen molar-refractivity contribution in [2.24, 2.45) is 0 Å². The van der Waals surface area contributed by atoms with Gasteiger partial charge in [-0.05, 0) is 61.7 Å². The van der Waals surface area contributed by atoms with Crippen LogP contribution in [0.1, 0.15) is 37.7 Å². The Bertz CT molecular complexity index is 1160. The Hall–Kier alpha value is -3.45. The molecule has 7 heteroatoms. The molecule has 0 unspecified atom stereocenters. The summed E-state index contributed by atoms with van der Waals surface area (Å²) in [5, 5.41) is 6.22. The molecule has 5 rings (SSSR count). The number of carbonyl (C=O) groups is 2. The lowest BCUT2D eigenvalue weighted by Crippen LogP contribution is -2.36. The summed E-state index contributed by atoms with van der Waals surface area (Å²) in [7, 11) is 0. The molecule has 6 nitrogen and oxygen atoms in total. The number of Topliss-reactive ketones (excluding diaryl/α,β-unsaturated/α-hetero) is 1. The second kappa shape index (κ2) is 9.43. The number of halogens is 1. The first-order valence-corrected chi connectivity index (χ1v) is 11.7. The number of anilines is 2. The normalized spacial score (nSPS) is 20.7. The number of amides is 1. The van der Waals surface area contributed by atoms with Gasteiger partial charge in [0.25, 0.3) is 5.91 Å². The Morgan fingerprint density at radius 1 is 1.06 bits per heavy atom. The van der Waals surface area contributed by atoms with Gasteiger partial charge in [-0.1, -0.05) is 12.1 Å². The number of dihydropyridines is 1. The summed E-state index contributed by atoms with van der Waals surface area (Å²) in [6.45, 7) is 4.96. The smallest absolute Gasteiger partial charge is 0.254 e. The predicted molar refractivity (Wildman–Crippen MR) is 129 cm³/mol. The molecule has 0 bridgehead atoms. The van der Waals surface area contributed by atoms with Gasteiger partial charge >= 0.3 is 0 Å². The van der Waals surface area contributed by atoms with E-state index in [1.165, 1.54) is 24.3 Å². The number of benzene rings is 2. The molecular weight excluding hydrogens is 433 g/mol. The third kappa shape index (κ3) is 4.35. The van der Waals surface area contributed by atoms with Crippen molar-refractivity contribution in [3.05, 3.63) is 82.5 Å². The summed E-state index contributed by atoms with van der Waals surface area (Å²) in [5.74, 6) is -1.05. The minimum Gasteiger partial charge on any atom is -0.378 e. The molecule has 1 saturated heterocycles. The van der Waals surface area contributed by atoms with E-state index in [-0.39, 0.29) is 17.5 Å². The van der Waals surface area contributed by atoms with Gasteiger partial charge in [0.2, 0.25) is 0 Å². The van der Waals surface area contributed by atoms with Crippen molar-refractivity contribution >= 4 is 23.1 Å². The molecular formula is C27H28FN3O3. The molecule has 0 saturated carbocycles. The predicted octanol–water partition coefficient (Wildman–Crippen LogP) is 4.27. The molecule has 1 aliphatic carbocycles. The van der Waals surface area contributed by atoms with E-state index >= 15 is 0 Å². The monoisotopic (exact) mass is 461 g/mol. The van der Waals surface area contributed by atoms with Gasteiger partial charge in [0.1, 0.15) is 5.82 Å². The fourth-order valence-corrected chi connectivity index (χ4v) is 5.05. The molecule has 3 aliphatic rings. The number of ketones is 1. The maximum Gasteiger partial charge on any atom is 0.254 e.